The molecule has 1 N–H and O–H groups in total. The van der Waals surface area contributed by atoms with E-state index >= 15 is 0 Å². The van der Waals surface area contributed by atoms with Crippen LogP contribution in [0.25, 0.3) is 11.3 Å². The van der Waals surface area contributed by atoms with E-state index in [1.165, 1.54) is 0 Å². The lowest BCUT2D eigenvalue weighted by molar-refractivity contribution is -0.121. The van der Waals surface area contributed by atoms with Crippen LogP contribution >= 0.6 is 11.3 Å². The van der Waals surface area contributed by atoms with Crippen LogP contribution in [0.3, 0.4) is 0 Å². The highest BCUT2D eigenvalue weighted by atomic mass is 32.1. The molecule has 0 bridgehead atoms. The molecule has 0 aliphatic rings. The van der Waals surface area contributed by atoms with Gasteiger partial charge in [0.05, 0.1) is 22.9 Å². The third kappa shape index (κ3) is 4.79. The normalized spacial score (nSPS) is 12.1. The first-order chi connectivity index (χ1) is 12.7. The van der Waals surface area contributed by atoms with Gasteiger partial charge in [-0.3, -0.25) is 4.79 Å². The largest absolute Gasteiger partial charge is 0.441 e. The lowest BCUT2D eigenvalue weighted by Crippen LogP contribution is -2.26. The predicted octanol–water partition coefficient (Wildman–Crippen LogP) is 4.56. The number of nitrogens with one attached hydrogen (secondary N) is 1. The number of nitrogens with zero attached hydrogens (tertiary/aromatic N) is 2. The number of carbonyl (C=O) groups is 1. The Morgan fingerprint density at radius 3 is 2.85 bits per heavy atom. The zero-order chi connectivity index (χ0) is 18.4. The molecular formula is C20H23N3O2S. The molecule has 1 unspecified atom stereocenters. The van der Waals surface area contributed by atoms with Gasteiger partial charge in [0.15, 0.2) is 11.7 Å². The van der Waals surface area contributed by atoms with Crippen molar-refractivity contribution < 1.29 is 9.21 Å². The van der Waals surface area contributed by atoms with Gasteiger partial charge in [-0.2, -0.15) is 0 Å². The molecule has 5 nitrogen and oxygen atoms in total. The summed E-state index contributed by atoms with van der Waals surface area (Å²) in [5, 5.41) is 6.12. The smallest absolute Gasteiger partial charge is 0.220 e. The Balaban J connectivity index is 1.44. The molecule has 3 aromatic rings. The molecule has 26 heavy (non-hydrogen) atoms. The summed E-state index contributed by atoms with van der Waals surface area (Å²) in [5.74, 6) is 1.45. The maximum absolute atomic E-state index is 12.1. The molecule has 0 aliphatic carbocycles. The van der Waals surface area contributed by atoms with Crippen molar-refractivity contribution in [1.82, 2.24) is 15.3 Å². The molecule has 1 atom stereocenters. The first-order valence-electron chi connectivity index (χ1n) is 8.89. The topological polar surface area (TPSA) is 68.0 Å². The zero-order valence-corrected chi connectivity index (χ0v) is 15.9. The Bertz CT molecular complexity index is 842. The van der Waals surface area contributed by atoms with E-state index in [0.717, 1.165) is 28.4 Å². The highest BCUT2D eigenvalue weighted by Gasteiger charge is 2.13. The first-order valence-corrected chi connectivity index (χ1v) is 9.77. The summed E-state index contributed by atoms with van der Waals surface area (Å²) in [6.45, 7) is 4.05. The number of carbonyl (C=O) groups excluding carboxylic acids is 1. The fourth-order valence-electron chi connectivity index (χ4n) is 2.64. The molecular weight excluding hydrogens is 346 g/mol. The van der Waals surface area contributed by atoms with Crippen LogP contribution in [0.1, 0.15) is 49.3 Å². The van der Waals surface area contributed by atoms with Crippen LogP contribution in [0.4, 0.5) is 0 Å². The summed E-state index contributed by atoms with van der Waals surface area (Å²) in [6.07, 6.45) is 4.45. The molecule has 1 aromatic carbocycles. The van der Waals surface area contributed by atoms with Crippen LogP contribution in [0, 0.1) is 0 Å². The van der Waals surface area contributed by atoms with Crippen LogP contribution < -0.4 is 5.32 Å². The van der Waals surface area contributed by atoms with Crippen molar-refractivity contribution >= 4 is 17.2 Å². The summed E-state index contributed by atoms with van der Waals surface area (Å²) in [4.78, 5) is 21.0. The molecule has 0 saturated heterocycles. The van der Waals surface area contributed by atoms with Gasteiger partial charge in [-0.05, 0) is 19.8 Å². The van der Waals surface area contributed by atoms with Gasteiger partial charge in [0.2, 0.25) is 5.91 Å². The van der Waals surface area contributed by atoms with Crippen molar-refractivity contribution in [3.8, 4) is 11.3 Å². The van der Waals surface area contributed by atoms with Gasteiger partial charge in [-0.25, -0.2) is 9.97 Å². The summed E-state index contributed by atoms with van der Waals surface area (Å²) < 4.78 is 5.77. The lowest BCUT2D eigenvalue weighted by Gasteiger charge is -2.11. The minimum absolute atomic E-state index is 0.0263. The molecule has 0 fully saturated rings. The number of rotatable bonds is 8. The first kappa shape index (κ1) is 18.3. The quantitative estimate of drug-likeness (QED) is 0.632. The Hall–Kier alpha value is -2.47. The van der Waals surface area contributed by atoms with Gasteiger partial charge in [-0.15, -0.1) is 11.3 Å². The fraction of sp³-hybridized carbons (Fsp3) is 0.350. The second-order valence-corrected chi connectivity index (χ2v) is 7.09. The molecule has 1 amide bonds. The van der Waals surface area contributed by atoms with Crippen molar-refractivity contribution in [3.05, 3.63) is 58.5 Å². The van der Waals surface area contributed by atoms with E-state index in [1.807, 2.05) is 42.6 Å². The van der Waals surface area contributed by atoms with Crippen LogP contribution in [-0.2, 0) is 17.6 Å². The number of benzene rings is 1. The third-order valence-corrected chi connectivity index (χ3v) is 5.11. The van der Waals surface area contributed by atoms with Crippen molar-refractivity contribution in [3.63, 3.8) is 0 Å². The minimum Gasteiger partial charge on any atom is -0.441 e. The van der Waals surface area contributed by atoms with Gasteiger partial charge in [0, 0.05) is 23.8 Å². The summed E-state index contributed by atoms with van der Waals surface area (Å²) >= 11 is 1.64. The number of thiazole rings is 1. The SMILES string of the molecule is CCc1nc(C(C)NC(=O)CCCc2ncc(-c3ccccc3)o2)cs1. The molecule has 2 aromatic heterocycles. The second kappa shape index (κ2) is 8.76. The molecule has 2 heterocycles. The van der Waals surface area contributed by atoms with E-state index in [0.29, 0.717) is 25.2 Å². The standard InChI is InChI=1S/C20H23N3O2S/c1-3-20-23-16(13-26-20)14(2)22-18(24)10-7-11-19-21-12-17(25-19)15-8-5-4-6-9-15/h4-6,8-9,12-14H,3,7,10-11H2,1-2H3,(H,22,24). The predicted molar refractivity (Wildman–Crippen MR) is 103 cm³/mol. The fourth-order valence-corrected chi connectivity index (χ4v) is 3.47. The number of aryl methyl sites for hydroxylation is 2. The average Bonchev–Trinajstić information content (AvgIpc) is 3.32. The van der Waals surface area contributed by atoms with Crippen molar-refractivity contribution in [2.75, 3.05) is 0 Å². The molecule has 6 heteroatoms. The van der Waals surface area contributed by atoms with Crippen molar-refractivity contribution in [2.45, 2.75) is 45.6 Å². The van der Waals surface area contributed by atoms with E-state index in [1.54, 1.807) is 17.5 Å². The van der Waals surface area contributed by atoms with Gasteiger partial charge < -0.3 is 9.73 Å². The van der Waals surface area contributed by atoms with E-state index < -0.39 is 0 Å². The van der Waals surface area contributed by atoms with Crippen LogP contribution in [0.2, 0.25) is 0 Å². The number of oxazole rings is 1. The van der Waals surface area contributed by atoms with Crippen LogP contribution in [-0.4, -0.2) is 15.9 Å². The van der Waals surface area contributed by atoms with Gasteiger partial charge in [0.1, 0.15) is 0 Å². The molecule has 0 aliphatic heterocycles. The number of hydrogen-bond acceptors (Lipinski definition) is 5. The van der Waals surface area contributed by atoms with E-state index in [4.69, 9.17) is 4.42 Å². The number of aromatic nitrogens is 2. The Morgan fingerprint density at radius 1 is 1.31 bits per heavy atom. The highest BCUT2D eigenvalue weighted by Crippen LogP contribution is 2.21. The monoisotopic (exact) mass is 369 g/mol. The lowest BCUT2D eigenvalue weighted by atomic mass is 10.2. The van der Waals surface area contributed by atoms with Crippen molar-refractivity contribution in [1.29, 1.82) is 0 Å². The second-order valence-electron chi connectivity index (χ2n) is 6.15. The maximum Gasteiger partial charge on any atom is 0.220 e. The van der Waals surface area contributed by atoms with Gasteiger partial charge in [-0.1, -0.05) is 37.3 Å². The van der Waals surface area contributed by atoms with Gasteiger partial charge >= 0.3 is 0 Å². The van der Waals surface area contributed by atoms with E-state index in [-0.39, 0.29) is 11.9 Å². The average molecular weight is 369 g/mol. The summed E-state index contributed by atoms with van der Waals surface area (Å²) in [7, 11) is 0. The Morgan fingerprint density at radius 2 is 2.12 bits per heavy atom. The molecule has 0 spiro atoms. The Kier molecular flexibility index (Phi) is 6.17. The Labute approximate surface area is 157 Å². The molecule has 3 rings (SSSR count). The molecule has 0 radical (unpaired) electrons. The van der Waals surface area contributed by atoms with E-state index in [2.05, 4.69) is 22.2 Å². The molecule has 0 saturated carbocycles. The zero-order valence-electron chi connectivity index (χ0n) is 15.1. The van der Waals surface area contributed by atoms with Crippen molar-refractivity contribution in [2.24, 2.45) is 0 Å². The van der Waals surface area contributed by atoms with E-state index in [9.17, 15) is 4.79 Å². The summed E-state index contributed by atoms with van der Waals surface area (Å²) in [6, 6.07) is 9.81. The maximum atomic E-state index is 12.1. The van der Waals surface area contributed by atoms with Gasteiger partial charge in [0.25, 0.3) is 0 Å². The number of hydrogen-bond donors (Lipinski definition) is 1. The van der Waals surface area contributed by atoms with Crippen LogP contribution in [0.5, 0.6) is 0 Å². The van der Waals surface area contributed by atoms with Crippen LogP contribution in [0.15, 0.2) is 46.3 Å². The summed E-state index contributed by atoms with van der Waals surface area (Å²) in [5.41, 5.74) is 1.94. The highest BCUT2D eigenvalue weighted by molar-refractivity contribution is 7.09. The molecule has 136 valence electrons. The minimum atomic E-state index is -0.0644. The number of amides is 1. The third-order valence-electron chi connectivity index (χ3n) is 4.10.